The van der Waals surface area contributed by atoms with Gasteiger partial charge in [0.25, 0.3) is 10.1 Å². The molecule has 0 amide bonds. The van der Waals surface area contributed by atoms with Crippen LogP contribution in [0.4, 0.5) is 4.39 Å². The fraction of sp³-hybridized carbons (Fsp3) is 0.462. The Balaban J connectivity index is 2.44. The Morgan fingerprint density at radius 1 is 1.30 bits per heavy atom. The van der Waals surface area contributed by atoms with Gasteiger partial charge in [0.2, 0.25) is 0 Å². The van der Waals surface area contributed by atoms with Crippen molar-refractivity contribution in [1.29, 1.82) is 0 Å². The Hall–Kier alpha value is -1.47. The smallest absolute Gasteiger partial charge is 0.303 e. The molecular weight excluding hydrogens is 287 g/mol. The third-order valence-corrected chi connectivity index (χ3v) is 3.98. The normalized spacial score (nSPS) is 13.1. The monoisotopic (exact) mass is 304 g/mol. The number of hydrogen-bond donors (Lipinski definition) is 1. The molecule has 1 rings (SSSR count). The number of hydrogen-bond acceptors (Lipinski definition) is 4. The van der Waals surface area contributed by atoms with E-state index in [1.807, 2.05) is 6.92 Å². The average molecular weight is 304 g/mol. The first-order chi connectivity index (χ1) is 9.31. The van der Waals surface area contributed by atoms with Crippen molar-refractivity contribution in [1.82, 2.24) is 0 Å². The number of carboxylic acid groups (broad SMARTS) is 1. The molecule has 0 aromatic heterocycles. The molecule has 112 valence electrons. The minimum absolute atomic E-state index is 0.0176. The lowest BCUT2D eigenvalue weighted by Gasteiger charge is -2.08. The van der Waals surface area contributed by atoms with Crippen LogP contribution in [-0.2, 0) is 19.1 Å². The van der Waals surface area contributed by atoms with Gasteiger partial charge in [0.1, 0.15) is 6.17 Å². The quantitative estimate of drug-likeness (QED) is 0.745. The fourth-order valence-electron chi connectivity index (χ4n) is 1.48. The first-order valence-corrected chi connectivity index (χ1v) is 7.54. The van der Waals surface area contributed by atoms with Crippen molar-refractivity contribution < 1.29 is 26.9 Å². The van der Waals surface area contributed by atoms with Crippen LogP contribution in [0.15, 0.2) is 29.2 Å². The van der Waals surface area contributed by atoms with Crippen LogP contribution < -0.4 is 0 Å². The Kier molecular flexibility index (Phi) is 6.09. The van der Waals surface area contributed by atoms with E-state index >= 15 is 0 Å². The molecule has 0 spiro atoms. The van der Waals surface area contributed by atoms with Gasteiger partial charge in [0, 0.05) is 12.8 Å². The maximum Gasteiger partial charge on any atom is 0.303 e. The van der Waals surface area contributed by atoms with E-state index in [0.717, 1.165) is 5.56 Å². The summed E-state index contributed by atoms with van der Waals surface area (Å²) in [6.07, 6.45) is -1.98. The predicted octanol–water partition coefficient (Wildman–Crippen LogP) is 2.29. The van der Waals surface area contributed by atoms with Gasteiger partial charge >= 0.3 is 5.97 Å². The molecule has 1 aromatic rings. The minimum atomic E-state index is -3.89. The summed E-state index contributed by atoms with van der Waals surface area (Å²) in [6.45, 7) is 1.52. The Morgan fingerprint density at radius 2 is 1.90 bits per heavy atom. The van der Waals surface area contributed by atoms with Crippen LogP contribution in [-0.4, -0.2) is 32.3 Å². The molecule has 1 aromatic carbocycles. The number of aryl methyl sites for hydroxylation is 1. The van der Waals surface area contributed by atoms with E-state index in [9.17, 15) is 17.6 Å². The van der Waals surface area contributed by atoms with Crippen molar-refractivity contribution in [2.24, 2.45) is 0 Å². The Labute approximate surface area is 117 Å². The molecule has 7 heteroatoms. The second-order valence-electron chi connectivity index (χ2n) is 4.41. The molecule has 0 aliphatic heterocycles. The van der Waals surface area contributed by atoms with E-state index in [4.69, 9.17) is 9.29 Å². The zero-order valence-electron chi connectivity index (χ0n) is 11.1. The van der Waals surface area contributed by atoms with Crippen LogP contribution in [0.3, 0.4) is 0 Å². The highest BCUT2D eigenvalue weighted by Gasteiger charge is 2.16. The number of halogens is 1. The lowest BCUT2D eigenvalue weighted by atomic mass is 10.2. The topological polar surface area (TPSA) is 80.7 Å². The second kappa shape index (κ2) is 7.35. The standard InChI is InChI=1S/C13H17FO5S/c1-10-2-5-12(6-3-10)20(17,18)19-9-8-11(14)4-7-13(15)16/h2-3,5-6,11H,4,7-9H2,1H3,(H,15,16). The third-order valence-electron chi connectivity index (χ3n) is 2.65. The van der Waals surface area contributed by atoms with Gasteiger partial charge in [0.05, 0.1) is 11.5 Å². The molecular formula is C13H17FO5S. The average Bonchev–Trinajstić information content (AvgIpc) is 2.36. The first kappa shape index (κ1) is 16.6. The first-order valence-electron chi connectivity index (χ1n) is 6.13. The molecule has 1 unspecified atom stereocenters. The van der Waals surface area contributed by atoms with E-state index in [-0.39, 0.29) is 30.8 Å². The van der Waals surface area contributed by atoms with Gasteiger partial charge in [0.15, 0.2) is 0 Å². The number of carboxylic acids is 1. The SMILES string of the molecule is Cc1ccc(S(=O)(=O)OCCC(F)CCC(=O)O)cc1. The van der Waals surface area contributed by atoms with Gasteiger partial charge in [-0.1, -0.05) is 17.7 Å². The molecule has 1 atom stereocenters. The van der Waals surface area contributed by atoms with Gasteiger partial charge in [-0.15, -0.1) is 0 Å². The molecule has 0 saturated heterocycles. The van der Waals surface area contributed by atoms with Crippen LogP contribution in [0, 0.1) is 6.92 Å². The van der Waals surface area contributed by atoms with Gasteiger partial charge in [-0.3, -0.25) is 8.98 Å². The van der Waals surface area contributed by atoms with Crippen molar-refractivity contribution in [2.75, 3.05) is 6.61 Å². The lowest BCUT2D eigenvalue weighted by molar-refractivity contribution is -0.137. The van der Waals surface area contributed by atoms with Crippen molar-refractivity contribution in [3.8, 4) is 0 Å². The van der Waals surface area contributed by atoms with Gasteiger partial charge in [-0.2, -0.15) is 8.42 Å². The van der Waals surface area contributed by atoms with Crippen molar-refractivity contribution in [3.63, 3.8) is 0 Å². The molecule has 0 aliphatic rings. The summed E-state index contributed by atoms with van der Waals surface area (Å²) >= 11 is 0. The van der Waals surface area contributed by atoms with Gasteiger partial charge in [-0.05, 0) is 25.5 Å². The maximum absolute atomic E-state index is 13.3. The molecule has 5 nitrogen and oxygen atoms in total. The molecule has 0 radical (unpaired) electrons. The van der Waals surface area contributed by atoms with Crippen molar-refractivity contribution in [3.05, 3.63) is 29.8 Å². The summed E-state index contributed by atoms with van der Waals surface area (Å²) in [6, 6.07) is 6.12. The number of alkyl halides is 1. The third kappa shape index (κ3) is 5.66. The van der Waals surface area contributed by atoms with E-state index in [2.05, 4.69) is 0 Å². The lowest BCUT2D eigenvalue weighted by Crippen LogP contribution is -2.12. The van der Waals surface area contributed by atoms with E-state index < -0.39 is 22.3 Å². The molecule has 0 bridgehead atoms. The summed E-state index contributed by atoms with van der Waals surface area (Å²) in [5.41, 5.74) is 0.918. The van der Waals surface area contributed by atoms with Crippen molar-refractivity contribution >= 4 is 16.1 Å². The zero-order valence-corrected chi connectivity index (χ0v) is 11.9. The maximum atomic E-state index is 13.3. The predicted molar refractivity (Wildman–Crippen MR) is 70.7 cm³/mol. The summed E-state index contributed by atoms with van der Waals surface area (Å²) in [4.78, 5) is 10.3. The number of aliphatic carboxylic acids is 1. The minimum Gasteiger partial charge on any atom is -0.481 e. The van der Waals surface area contributed by atoms with Gasteiger partial charge < -0.3 is 5.11 Å². The van der Waals surface area contributed by atoms with Crippen LogP contribution in [0.25, 0.3) is 0 Å². The van der Waals surface area contributed by atoms with Gasteiger partial charge in [-0.25, -0.2) is 4.39 Å². The number of benzene rings is 1. The molecule has 0 heterocycles. The van der Waals surface area contributed by atoms with Crippen LogP contribution in [0.2, 0.25) is 0 Å². The van der Waals surface area contributed by atoms with Crippen LogP contribution >= 0.6 is 0 Å². The summed E-state index contributed by atoms with van der Waals surface area (Å²) in [7, 11) is -3.89. The summed E-state index contributed by atoms with van der Waals surface area (Å²) in [5.74, 6) is -1.08. The zero-order chi connectivity index (χ0) is 15.2. The van der Waals surface area contributed by atoms with Crippen molar-refractivity contribution in [2.45, 2.75) is 37.3 Å². The Morgan fingerprint density at radius 3 is 2.45 bits per heavy atom. The fourth-order valence-corrected chi connectivity index (χ4v) is 2.40. The number of carbonyl (C=O) groups is 1. The summed E-state index contributed by atoms with van der Waals surface area (Å²) < 4.78 is 41.5. The molecule has 0 fully saturated rings. The van der Waals surface area contributed by atoms with E-state index in [1.165, 1.54) is 12.1 Å². The second-order valence-corrected chi connectivity index (χ2v) is 6.02. The largest absolute Gasteiger partial charge is 0.481 e. The number of rotatable bonds is 8. The van der Waals surface area contributed by atoms with Crippen LogP contribution in [0.1, 0.15) is 24.8 Å². The molecule has 1 N–H and O–H groups in total. The van der Waals surface area contributed by atoms with E-state index in [1.54, 1.807) is 12.1 Å². The highest BCUT2D eigenvalue weighted by atomic mass is 32.2. The molecule has 0 saturated carbocycles. The molecule has 20 heavy (non-hydrogen) atoms. The highest BCUT2D eigenvalue weighted by Crippen LogP contribution is 2.15. The van der Waals surface area contributed by atoms with E-state index in [0.29, 0.717) is 0 Å². The molecule has 0 aliphatic carbocycles. The Bertz CT molecular complexity index is 538. The van der Waals surface area contributed by atoms with Crippen LogP contribution in [0.5, 0.6) is 0 Å². The summed E-state index contributed by atoms with van der Waals surface area (Å²) in [5, 5.41) is 8.39. The highest BCUT2D eigenvalue weighted by molar-refractivity contribution is 7.86.